The number of nitrogens with two attached hydrogens (primary N) is 1. The van der Waals surface area contributed by atoms with Gasteiger partial charge in [0.15, 0.2) is 0 Å². The van der Waals surface area contributed by atoms with Crippen LogP contribution in [0.2, 0.25) is 0 Å². The van der Waals surface area contributed by atoms with Crippen LogP contribution in [0.1, 0.15) is 11.1 Å². The summed E-state index contributed by atoms with van der Waals surface area (Å²) < 4.78 is 0. The van der Waals surface area contributed by atoms with Gasteiger partial charge in [0.05, 0.1) is 23.0 Å². The SMILES string of the molecule is CSc1ccc(CNc2ccc(C#N)cc2N)cc1. The van der Waals surface area contributed by atoms with Crippen LogP contribution in [0.4, 0.5) is 11.4 Å². The molecule has 0 amide bonds. The number of anilines is 2. The van der Waals surface area contributed by atoms with Crippen molar-refractivity contribution in [3.63, 3.8) is 0 Å². The Hall–Kier alpha value is -2.12. The molecule has 96 valence electrons. The fourth-order valence-corrected chi connectivity index (χ4v) is 2.14. The highest BCUT2D eigenvalue weighted by Crippen LogP contribution is 2.21. The number of benzene rings is 2. The summed E-state index contributed by atoms with van der Waals surface area (Å²) in [6, 6.07) is 15.7. The van der Waals surface area contributed by atoms with Gasteiger partial charge in [0, 0.05) is 11.4 Å². The molecule has 0 spiro atoms. The second kappa shape index (κ2) is 6.17. The molecule has 0 aliphatic carbocycles. The van der Waals surface area contributed by atoms with Crippen LogP contribution < -0.4 is 11.1 Å². The highest BCUT2D eigenvalue weighted by atomic mass is 32.2. The van der Waals surface area contributed by atoms with Crippen molar-refractivity contribution in [2.24, 2.45) is 0 Å². The zero-order valence-corrected chi connectivity index (χ0v) is 11.5. The fraction of sp³-hybridized carbons (Fsp3) is 0.133. The predicted octanol–water partition coefficient (Wildman–Crippen LogP) is 3.47. The molecule has 19 heavy (non-hydrogen) atoms. The smallest absolute Gasteiger partial charge is 0.0992 e. The van der Waals surface area contributed by atoms with Crippen LogP contribution in [0.25, 0.3) is 0 Å². The van der Waals surface area contributed by atoms with E-state index in [9.17, 15) is 0 Å². The van der Waals surface area contributed by atoms with Crippen LogP contribution in [-0.2, 0) is 6.54 Å². The Morgan fingerprint density at radius 2 is 1.95 bits per heavy atom. The van der Waals surface area contributed by atoms with Crippen molar-refractivity contribution in [3.05, 3.63) is 53.6 Å². The molecular weight excluding hydrogens is 254 g/mol. The van der Waals surface area contributed by atoms with Crippen molar-refractivity contribution < 1.29 is 0 Å². The van der Waals surface area contributed by atoms with Crippen molar-refractivity contribution in [3.8, 4) is 6.07 Å². The van der Waals surface area contributed by atoms with E-state index in [-0.39, 0.29) is 0 Å². The number of nitrogen functional groups attached to an aromatic ring is 1. The van der Waals surface area contributed by atoms with Gasteiger partial charge >= 0.3 is 0 Å². The third-order valence-electron chi connectivity index (χ3n) is 2.82. The molecule has 0 aliphatic heterocycles. The van der Waals surface area contributed by atoms with Crippen LogP contribution in [-0.4, -0.2) is 6.26 Å². The topological polar surface area (TPSA) is 61.8 Å². The Morgan fingerprint density at radius 3 is 2.53 bits per heavy atom. The molecule has 0 unspecified atom stereocenters. The molecule has 3 N–H and O–H groups in total. The Morgan fingerprint density at radius 1 is 1.21 bits per heavy atom. The minimum atomic E-state index is 0.576. The quantitative estimate of drug-likeness (QED) is 0.659. The summed E-state index contributed by atoms with van der Waals surface area (Å²) in [5, 5.41) is 12.1. The first-order chi connectivity index (χ1) is 9.22. The Balaban J connectivity index is 2.04. The molecule has 4 heteroatoms. The number of hydrogen-bond donors (Lipinski definition) is 2. The van der Waals surface area contributed by atoms with E-state index in [1.54, 1.807) is 23.9 Å². The largest absolute Gasteiger partial charge is 0.397 e. The lowest BCUT2D eigenvalue weighted by molar-refractivity contribution is 1.14. The highest BCUT2D eigenvalue weighted by Gasteiger charge is 2.01. The van der Waals surface area contributed by atoms with Crippen molar-refractivity contribution in [1.82, 2.24) is 0 Å². The molecule has 0 heterocycles. The summed E-state index contributed by atoms with van der Waals surface area (Å²) in [5.41, 5.74) is 9.11. The molecule has 0 bridgehead atoms. The second-order valence-electron chi connectivity index (χ2n) is 4.12. The molecule has 0 fully saturated rings. The number of nitrogens with zero attached hydrogens (tertiary/aromatic N) is 1. The molecule has 0 aromatic heterocycles. The minimum Gasteiger partial charge on any atom is -0.397 e. The van der Waals surface area contributed by atoms with Gasteiger partial charge in [-0.3, -0.25) is 0 Å². The summed E-state index contributed by atoms with van der Waals surface area (Å²) in [6.07, 6.45) is 2.06. The van der Waals surface area contributed by atoms with E-state index < -0.39 is 0 Å². The van der Waals surface area contributed by atoms with Gasteiger partial charge in [-0.1, -0.05) is 12.1 Å². The summed E-state index contributed by atoms with van der Waals surface area (Å²) in [7, 11) is 0. The maximum absolute atomic E-state index is 8.78. The summed E-state index contributed by atoms with van der Waals surface area (Å²) >= 11 is 1.73. The van der Waals surface area contributed by atoms with Crippen molar-refractivity contribution in [2.45, 2.75) is 11.4 Å². The second-order valence-corrected chi connectivity index (χ2v) is 5.00. The average Bonchev–Trinajstić information content (AvgIpc) is 2.46. The van der Waals surface area contributed by atoms with E-state index >= 15 is 0 Å². The number of nitrogens with one attached hydrogen (secondary N) is 1. The van der Waals surface area contributed by atoms with Gasteiger partial charge < -0.3 is 11.1 Å². The average molecular weight is 269 g/mol. The van der Waals surface area contributed by atoms with Gasteiger partial charge in [-0.05, 0) is 42.2 Å². The Kier molecular flexibility index (Phi) is 4.32. The van der Waals surface area contributed by atoms with Crippen LogP contribution in [0.15, 0.2) is 47.4 Å². The van der Waals surface area contributed by atoms with Gasteiger partial charge in [-0.25, -0.2) is 0 Å². The maximum atomic E-state index is 8.78. The van der Waals surface area contributed by atoms with Crippen molar-refractivity contribution >= 4 is 23.1 Å². The van der Waals surface area contributed by atoms with E-state index in [0.29, 0.717) is 17.8 Å². The van der Waals surface area contributed by atoms with Crippen LogP contribution in [0.5, 0.6) is 0 Å². The van der Waals surface area contributed by atoms with E-state index in [4.69, 9.17) is 11.0 Å². The molecule has 0 radical (unpaired) electrons. The zero-order chi connectivity index (χ0) is 13.7. The number of nitriles is 1. The van der Waals surface area contributed by atoms with Gasteiger partial charge in [0.2, 0.25) is 0 Å². The van der Waals surface area contributed by atoms with Crippen LogP contribution in [0, 0.1) is 11.3 Å². The molecular formula is C15H15N3S. The Bertz CT molecular complexity index is 600. The first-order valence-corrected chi connectivity index (χ1v) is 7.12. The van der Waals surface area contributed by atoms with E-state index in [0.717, 1.165) is 5.69 Å². The lowest BCUT2D eigenvalue weighted by Crippen LogP contribution is -2.02. The number of hydrogen-bond acceptors (Lipinski definition) is 4. The highest BCUT2D eigenvalue weighted by molar-refractivity contribution is 7.98. The summed E-state index contributed by atoms with van der Waals surface area (Å²) in [5.74, 6) is 0. The first kappa shape index (κ1) is 13.3. The minimum absolute atomic E-state index is 0.576. The lowest BCUT2D eigenvalue weighted by atomic mass is 10.1. The summed E-state index contributed by atoms with van der Waals surface area (Å²) in [4.78, 5) is 1.25. The molecule has 3 nitrogen and oxygen atoms in total. The molecule has 0 saturated carbocycles. The third-order valence-corrected chi connectivity index (χ3v) is 3.57. The van der Waals surface area contributed by atoms with Crippen molar-refractivity contribution in [1.29, 1.82) is 5.26 Å². The molecule has 0 atom stereocenters. The maximum Gasteiger partial charge on any atom is 0.0992 e. The molecule has 2 rings (SSSR count). The Labute approximate surface area is 117 Å². The van der Waals surface area contributed by atoms with E-state index in [1.807, 2.05) is 6.07 Å². The molecule has 0 aliphatic rings. The van der Waals surface area contributed by atoms with Crippen LogP contribution in [0.3, 0.4) is 0 Å². The van der Waals surface area contributed by atoms with Crippen molar-refractivity contribution in [2.75, 3.05) is 17.3 Å². The molecule has 2 aromatic carbocycles. The van der Waals surface area contributed by atoms with Gasteiger partial charge in [-0.2, -0.15) is 5.26 Å². The van der Waals surface area contributed by atoms with Crippen LogP contribution >= 0.6 is 11.8 Å². The summed E-state index contributed by atoms with van der Waals surface area (Å²) in [6.45, 7) is 0.713. The predicted molar refractivity (Wildman–Crippen MR) is 81.1 cm³/mol. The zero-order valence-electron chi connectivity index (χ0n) is 10.7. The number of thioether (sulfide) groups is 1. The standard InChI is InChI=1S/C15H15N3S/c1-19-13-5-2-11(3-6-13)10-18-15-7-4-12(9-16)8-14(15)17/h2-8,18H,10,17H2,1H3. The number of rotatable bonds is 4. The monoisotopic (exact) mass is 269 g/mol. The van der Waals surface area contributed by atoms with Gasteiger partial charge in [-0.15, -0.1) is 11.8 Å². The van der Waals surface area contributed by atoms with Gasteiger partial charge in [0.1, 0.15) is 0 Å². The van der Waals surface area contributed by atoms with Gasteiger partial charge in [0.25, 0.3) is 0 Å². The van der Waals surface area contributed by atoms with E-state index in [1.165, 1.54) is 10.5 Å². The van der Waals surface area contributed by atoms with E-state index in [2.05, 4.69) is 41.9 Å². The fourth-order valence-electron chi connectivity index (χ4n) is 1.73. The normalized spacial score (nSPS) is 9.89. The lowest BCUT2D eigenvalue weighted by Gasteiger charge is -2.10. The molecule has 2 aromatic rings. The third kappa shape index (κ3) is 3.43. The molecule has 0 saturated heterocycles. The first-order valence-electron chi connectivity index (χ1n) is 5.89.